The Balaban J connectivity index is 1.88. The molecule has 0 radical (unpaired) electrons. The number of ether oxygens (including phenoxy) is 2. The average molecular weight is 325 g/mol. The number of Topliss-reactive ketones (excluding diaryl/α,β-unsaturated/α-hetero) is 1. The molecule has 4 aliphatic rings. The van der Waals surface area contributed by atoms with E-state index >= 15 is 0 Å². The molecule has 1 spiro atoms. The van der Waals surface area contributed by atoms with E-state index in [4.69, 9.17) is 27.0 Å². The van der Waals surface area contributed by atoms with E-state index in [9.17, 15) is 6.17 Å². The lowest BCUT2D eigenvalue weighted by molar-refractivity contribution is -0.185. The molecule has 1 aromatic rings. The molecule has 5 heteroatoms. The smallest absolute Gasteiger partial charge is 0.211 e. The van der Waals surface area contributed by atoms with E-state index in [0.717, 1.165) is 4.90 Å². The summed E-state index contributed by atoms with van der Waals surface area (Å²) in [7, 11) is -2.97. The number of rotatable bonds is 2. The van der Waals surface area contributed by atoms with Gasteiger partial charge in [0.05, 0.1) is 26.3 Å². The number of carbonyl (C=O) groups excluding carboxylic acids is 1. The summed E-state index contributed by atoms with van der Waals surface area (Å²) in [4.78, 5) is 14.0. The Morgan fingerprint density at radius 3 is 3.39 bits per heavy atom. The van der Waals surface area contributed by atoms with Crippen LogP contribution in [0.2, 0.25) is 0 Å². The van der Waals surface area contributed by atoms with Crippen LogP contribution in [-0.2, 0) is 16.6 Å². The van der Waals surface area contributed by atoms with Gasteiger partial charge in [0.2, 0.25) is 1.43 Å². The molecular formula is C18H21NO4. The number of piperidine rings is 1. The number of nitrogens with zero attached hydrogens (tertiary/aromatic N) is 1. The van der Waals surface area contributed by atoms with Crippen LogP contribution in [-0.4, -0.2) is 55.5 Å². The fourth-order valence-electron chi connectivity index (χ4n) is 4.95. The zero-order valence-electron chi connectivity index (χ0n) is 22.2. The van der Waals surface area contributed by atoms with Crippen LogP contribution >= 0.6 is 0 Å². The van der Waals surface area contributed by atoms with Crippen molar-refractivity contribution >= 4 is 5.78 Å². The molecule has 2 fully saturated rings. The van der Waals surface area contributed by atoms with Gasteiger partial charge in [-0.2, -0.15) is 0 Å². The summed E-state index contributed by atoms with van der Waals surface area (Å²) in [5, 5.41) is 5.27. The predicted molar refractivity (Wildman–Crippen MR) is 83.0 cm³/mol. The summed E-state index contributed by atoms with van der Waals surface area (Å²) in [6.07, 6.45) is -1.95. The number of hydrogen-bond donors (Lipinski definition) is 1. The van der Waals surface area contributed by atoms with E-state index in [-0.39, 0.29) is 54.9 Å². The van der Waals surface area contributed by atoms with Crippen molar-refractivity contribution in [1.82, 2.24) is 4.90 Å². The second-order valence-electron chi connectivity index (χ2n) is 6.65. The Morgan fingerprint density at radius 1 is 1.61 bits per heavy atom. The zero-order chi connectivity index (χ0) is 24.4. The Morgan fingerprint density at radius 2 is 2.57 bits per heavy atom. The molecule has 122 valence electrons. The zero-order valence-corrected chi connectivity index (χ0v) is 12.2. The standard InChI is InChI=1S/C18H21NO4/c1-19-8-7-17-14-10-3-4-12(22-2)15(14)23-16(17)11(20)5-6-18(17,21)13(19)9-10/h3-4,13,16,21H,5-9H2,1-2H3/t13-,16?,17+,18-/m1/s1/i1D3,2D3,3D,4D,13D,21D. The van der Waals surface area contributed by atoms with Crippen LogP contribution in [0.3, 0.4) is 0 Å². The normalized spacial score (nSPS) is 51.1. The predicted octanol–water partition coefficient (Wildman–Crippen LogP) is 1.05. The third-order valence-electron chi connectivity index (χ3n) is 5.90. The van der Waals surface area contributed by atoms with E-state index in [1.54, 1.807) is 0 Å². The molecule has 2 heterocycles. The molecule has 1 N–H and O–H groups in total. The molecule has 2 aliphatic heterocycles. The van der Waals surface area contributed by atoms with Gasteiger partial charge >= 0.3 is 0 Å². The topological polar surface area (TPSA) is 59.0 Å². The Labute approximate surface area is 149 Å². The molecular weight excluding hydrogens is 294 g/mol. The maximum absolute atomic E-state index is 13.1. The lowest BCUT2D eigenvalue weighted by Gasteiger charge is -2.62. The number of hydrogen-bond acceptors (Lipinski definition) is 5. The SMILES string of the molecule is [2H]O[C@@]12CCC(=O)C3Oc4c(OC([2H])([2H])[2H])c([2H])c([2H])c5c4[C@@]31CCN(C([2H])([2H])[2H])[C@]2([2H])C5. The van der Waals surface area contributed by atoms with Gasteiger partial charge in [-0.05, 0) is 44.4 Å². The maximum Gasteiger partial charge on any atom is 0.211 e. The molecule has 2 aliphatic carbocycles. The summed E-state index contributed by atoms with van der Waals surface area (Å²) in [5.74, 6) is -1.05. The van der Waals surface area contributed by atoms with Crippen molar-refractivity contribution < 1.29 is 31.7 Å². The molecule has 23 heavy (non-hydrogen) atoms. The van der Waals surface area contributed by atoms with Gasteiger partial charge in [0, 0.05) is 22.1 Å². The number of carbonyl (C=O) groups is 1. The van der Waals surface area contributed by atoms with Crippen molar-refractivity contribution in [2.24, 2.45) is 0 Å². The van der Waals surface area contributed by atoms with Gasteiger partial charge in [0.1, 0.15) is 0 Å². The Hall–Kier alpha value is -1.59. The van der Waals surface area contributed by atoms with Crippen molar-refractivity contribution in [2.45, 2.75) is 48.8 Å². The molecule has 1 saturated heterocycles. The van der Waals surface area contributed by atoms with Gasteiger partial charge in [0.25, 0.3) is 0 Å². The van der Waals surface area contributed by atoms with Crippen LogP contribution in [0.5, 0.6) is 11.5 Å². The molecule has 0 aromatic heterocycles. The van der Waals surface area contributed by atoms with E-state index in [1.165, 1.54) is 0 Å². The highest BCUT2D eigenvalue weighted by atomic mass is 16.5. The monoisotopic (exact) mass is 325 g/mol. The largest absolute Gasteiger partial charge is 0.493 e. The summed E-state index contributed by atoms with van der Waals surface area (Å²) in [5.41, 5.74) is -2.97. The van der Waals surface area contributed by atoms with Crippen molar-refractivity contribution in [3.8, 4) is 11.5 Å². The summed E-state index contributed by atoms with van der Waals surface area (Å²) >= 11 is 0. The molecule has 1 saturated carbocycles. The van der Waals surface area contributed by atoms with Crippen LogP contribution in [0, 0.1) is 0 Å². The second kappa shape index (κ2) is 4.08. The highest BCUT2D eigenvalue weighted by Gasteiger charge is 2.72. The van der Waals surface area contributed by atoms with Crippen molar-refractivity contribution in [3.05, 3.63) is 23.2 Å². The van der Waals surface area contributed by atoms with E-state index in [0.29, 0.717) is 0 Å². The summed E-state index contributed by atoms with van der Waals surface area (Å²) in [6.45, 7) is -2.86. The molecule has 0 amide bonds. The highest BCUT2D eigenvalue weighted by molar-refractivity contribution is 5.90. The van der Waals surface area contributed by atoms with Gasteiger partial charge in [-0.3, -0.25) is 4.79 Å². The summed E-state index contributed by atoms with van der Waals surface area (Å²) in [6, 6.07) is -3.09. The van der Waals surface area contributed by atoms with Gasteiger partial charge in [0.15, 0.2) is 23.4 Å². The van der Waals surface area contributed by atoms with Gasteiger partial charge in [-0.25, -0.2) is 0 Å². The number of benzene rings is 1. The minimum atomic E-state index is -2.97. The van der Waals surface area contributed by atoms with Gasteiger partial charge < -0.3 is 19.5 Å². The third-order valence-corrected chi connectivity index (χ3v) is 5.90. The first-order valence-electron chi connectivity index (χ1n) is 12.5. The maximum atomic E-state index is 13.1. The molecule has 2 bridgehead atoms. The van der Waals surface area contributed by atoms with Crippen molar-refractivity contribution in [3.63, 3.8) is 0 Å². The molecule has 4 atom stereocenters. The second-order valence-corrected chi connectivity index (χ2v) is 6.65. The first-order chi connectivity index (χ1) is 15.1. The highest BCUT2D eigenvalue weighted by Crippen LogP contribution is 2.64. The van der Waals surface area contributed by atoms with Crippen LogP contribution in [0.1, 0.15) is 42.7 Å². The number of aliphatic hydroxyl groups is 1. The van der Waals surface area contributed by atoms with E-state index in [1.807, 2.05) is 0 Å². The Bertz CT molecular complexity index is 1070. The third kappa shape index (κ3) is 1.32. The lowest BCUT2D eigenvalue weighted by atomic mass is 9.49. The van der Waals surface area contributed by atoms with Crippen molar-refractivity contribution in [2.75, 3.05) is 20.6 Å². The number of likely N-dealkylation sites (N-methyl/N-ethyl adjacent to an activating group) is 1. The lowest BCUT2D eigenvalue weighted by Crippen LogP contribution is -2.76. The quantitative estimate of drug-likeness (QED) is 0.881. The number of methoxy groups -OCH3 is 1. The fourth-order valence-corrected chi connectivity index (χ4v) is 4.95. The molecule has 1 aromatic carbocycles. The van der Waals surface area contributed by atoms with Crippen LogP contribution in [0.4, 0.5) is 0 Å². The Kier molecular flexibility index (Phi) is 1.26. The van der Waals surface area contributed by atoms with Crippen LogP contribution in [0.25, 0.3) is 0 Å². The molecule has 1 unspecified atom stereocenters. The fraction of sp³-hybridized carbons (Fsp3) is 0.611. The number of ketones is 1. The first-order valence-corrected chi connectivity index (χ1v) is 7.61. The van der Waals surface area contributed by atoms with Crippen molar-refractivity contribution in [1.29, 1.82) is 1.43 Å². The minimum absolute atomic E-state index is 0.0364. The van der Waals surface area contributed by atoms with Crippen LogP contribution in [0.15, 0.2) is 12.1 Å². The minimum Gasteiger partial charge on any atom is -0.493 e. The number of likely N-dealkylation sites (tertiary alicyclic amines) is 1. The molecule has 5 nitrogen and oxygen atoms in total. The summed E-state index contributed by atoms with van der Waals surface area (Å²) < 4.78 is 91.8. The average Bonchev–Trinajstić information content (AvgIpc) is 3.02. The molecule has 5 rings (SSSR count). The van der Waals surface area contributed by atoms with E-state index < -0.39 is 55.0 Å². The van der Waals surface area contributed by atoms with Gasteiger partial charge in [-0.15, -0.1) is 0 Å². The first kappa shape index (κ1) is 7.11. The van der Waals surface area contributed by atoms with E-state index in [2.05, 4.69) is 0 Å². The van der Waals surface area contributed by atoms with Crippen LogP contribution < -0.4 is 9.47 Å². The van der Waals surface area contributed by atoms with Gasteiger partial charge in [-0.1, -0.05) is 6.04 Å².